The van der Waals surface area contributed by atoms with E-state index in [4.69, 9.17) is 4.74 Å². The molecule has 2 unspecified atom stereocenters. The summed E-state index contributed by atoms with van der Waals surface area (Å²) in [5.74, 6) is 0.748. The van der Waals surface area contributed by atoms with E-state index in [1.54, 1.807) is 0 Å². The van der Waals surface area contributed by atoms with Gasteiger partial charge in [-0.15, -0.1) is 0 Å². The van der Waals surface area contributed by atoms with Crippen LogP contribution >= 0.6 is 0 Å². The first-order valence-corrected chi connectivity index (χ1v) is 8.57. The highest BCUT2D eigenvalue weighted by Gasteiger charge is 2.49. The first-order chi connectivity index (χ1) is 10.6. The molecule has 2 saturated carbocycles. The van der Waals surface area contributed by atoms with Gasteiger partial charge in [-0.3, -0.25) is 4.79 Å². The highest BCUT2D eigenvalue weighted by Crippen LogP contribution is 2.40. The Labute approximate surface area is 139 Å². The van der Waals surface area contributed by atoms with E-state index in [1.165, 1.54) is 12.8 Å². The van der Waals surface area contributed by atoms with E-state index in [1.807, 2.05) is 20.8 Å². The van der Waals surface area contributed by atoms with Crippen LogP contribution in [0.5, 0.6) is 0 Å². The molecule has 132 valence electrons. The Bertz CT molecular complexity index is 452. The van der Waals surface area contributed by atoms with E-state index >= 15 is 0 Å². The van der Waals surface area contributed by atoms with Crippen molar-refractivity contribution in [1.29, 1.82) is 0 Å². The SMILES string of the molecule is CC(C)(C)OC(=O)NC1CC(NCC(=O)NCC2CC2)C1(C)C. The van der Waals surface area contributed by atoms with Crippen LogP contribution < -0.4 is 16.0 Å². The van der Waals surface area contributed by atoms with Gasteiger partial charge in [0.1, 0.15) is 5.60 Å². The molecule has 0 heterocycles. The summed E-state index contributed by atoms with van der Waals surface area (Å²) in [6, 6.07) is 0.276. The number of amides is 2. The molecule has 0 spiro atoms. The first-order valence-electron chi connectivity index (χ1n) is 8.57. The molecule has 2 amide bonds. The summed E-state index contributed by atoms with van der Waals surface area (Å²) < 4.78 is 5.30. The van der Waals surface area contributed by atoms with Crippen molar-refractivity contribution >= 4 is 12.0 Å². The number of carbonyl (C=O) groups excluding carboxylic acids is 2. The molecule has 0 bridgehead atoms. The molecule has 0 radical (unpaired) electrons. The highest BCUT2D eigenvalue weighted by atomic mass is 16.6. The summed E-state index contributed by atoms with van der Waals surface area (Å²) in [5.41, 5.74) is -0.594. The molecule has 6 heteroatoms. The minimum absolute atomic E-state index is 0.0521. The quantitative estimate of drug-likeness (QED) is 0.696. The topological polar surface area (TPSA) is 79.5 Å². The summed E-state index contributed by atoms with van der Waals surface area (Å²) in [6.07, 6.45) is 2.90. The molecule has 0 saturated heterocycles. The highest BCUT2D eigenvalue weighted by molar-refractivity contribution is 5.78. The molecule has 0 aromatic carbocycles. The fourth-order valence-corrected chi connectivity index (χ4v) is 2.83. The van der Waals surface area contributed by atoms with Crippen molar-refractivity contribution in [3.63, 3.8) is 0 Å². The molecule has 3 N–H and O–H groups in total. The van der Waals surface area contributed by atoms with Crippen LogP contribution in [0.2, 0.25) is 0 Å². The van der Waals surface area contributed by atoms with E-state index in [0.29, 0.717) is 12.5 Å². The molecule has 23 heavy (non-hydrogen) atoms. The Kier molecular flexibility index (Phi) is 5.23. The molecule has 2 aliphatic carbocycles. The maximum Gasteiger partial charge on any atom is 0.407 e. The smallest absolute Gasteiger partial charge is 0.407 e. The van der Waals surface area contributed by atoms with Gasteiger partial charge in [0.2, 0.25) is 5.91 Å². The van der Waals surface area contributed by atoms with Gasteiger partial charge in [-0.25, -0.2) is 4.79 Å². The molecule has 2 fully saturated rings. The van der Waals surface area contributed by atoms with Gasteiger partial charge in [-0.2, -0.15) is 0 Å². The summed E-state index contributed by atoms with van der Waals surface area (Å²) >= 11 is 0. The second kappa shape index (κ2) is 6.67. The van der Waals surface area contributed by atoms with Gasteiger partial charge in [-0.05, 0) is 46.0 Å². The van der Waals surface area contributed by atoms with Crippen molar-refractivity contribution in [3.05, 3.63) is 0 Å². The van der Waals surface area contributed by atoms with E-state index < -0.39 is 5.60 Å². The van der Waals surface area contributed by atoms with Crippen LogP contribution in [-0.2, 0) is 9.53 Å². The largest absolute Gasteiger partial charge is 0.444 e. The fraction of sp³-hybridized carbons (Fsp3) is 0.882. The number of ether oxygens (including phenoxy) is 1. The minimum Gasteiger partial charge on any atom is -0.444 e. The Hall–Kier alpha value is -1.30. The second-order valence-electron chi connectivity index (χ2n) is 8.44. The average Bonchev–Trinajstić information content (AvgIpc) is 3.21. The lowest BCUT2D eigenvalue weighted by Gasteiger charge is -2.52. The van der Waals surface area contributed by atoms with Crippen molar-refractivity contribution in [2.45, 2.75) is 71.6 Å². The van der Waals surface area contributed by atoms with Crippen LogP contribution in [0.15, 0.2) is 0 Å². The van der Waals surface area contributed by atoms with Crippen LogP contribution in [-0.4, -0.2) is 42.8 Å². The van der Waals surface area contributed by atoms with Gasteiger partial charge < -0.3 is 20.7 Å². The van der Waals surface area contributed by atoms with Gasteiger partial charge in [0.05, 0.1) is 6.54 Å². The predicted octanol–water partition coefficient (Wildman–Crippen LogP) is 1.79. The molecule has 0 aromatic rings. The van der Waals surface area contributed by atoms with Crippen LogP contribution in [0.4, 0.5) is 4.79 Å². The van der Waals surface area contributed by atoms with Crippen LogP contribution in [0.25, 0.3) is 0 Å². The average molecular weight is 325 g/mol. The number of hydrogen-bond acceptors (Lipinski definition) is 4. The number of nitrogens with one attached hydrogen (secondary N) is 3. The van der Waals surface area contributed by atoms with E-state index in [2.05, 4.69) is 29.8 Å². The van der Waals surface area contributed by atoms with Gasteiger partial charge >= 0.3 is 6.09 Å². The minimum atomic E-state index is -0.491. The number of alkyl carbamates (subject to hydrolysis) is 1. The molecule has 0 aliphatic heterocycles. The van der Waals surface area contributed by atoms with Gasteiger partial charge in [-0.1, -0.05) is 13.8 Å². The van der Waals surface area contributed by atoms with Crippen LogP contribution in [0.3, 0.4) is 0 Å². The van der Waals surface area contributed by atoms with Gasteiger partial charge in [0.15, 0.2) is 0 Å². The lowest BCUT2D eigenvalue weighted by Crippen LogP contribution is -2.66. The maximum atomic E-state index is 11.9. The molecule has 2 rings (SSSR count). The number of carbonyl (C=O) groups is 2. The Morgan fingerprint density at radius 1 is 1.17 bits per heavy atom. The van der Waals surface area contributed by atoms with Gasteiger partial charge in [0.25, 0.3) is 0 Å². The van der Waals surface area contributed by atoms with E-state index in [9.17, 15) is 9.59 Å². The monoisotopic (exact) mass is 325 g/mol. The zero-order valence-corrected chi connectivity index (χ0v) is 15.0. The number of rotatable bonds is 6. The fourth-order valence-electron chi connectivity index (χ4n) is 2.83. The Morgan fingerprint density at radius 3 is 2.35 bits per heavy atom. The Morgan fingerprint density at radius 2 is 1.83 bits per heavy atom. The third kappa shape index (κ3) is 5.37. The van der Waals surface area contributed by atoms with Crippen molar-refractivity contribution in [2.24, 2.45) is 11.3 Å². The van der Waals surface area contributed by atoms with Crippen molar-refractivity contribution in [1.82, 2.24) is 16.0 Å². The van der Waals surface area contributed by atoms with Crippen molar-refractivity contribution < 1.29 is 14.3 Å². The lowest BCUT2D eigenvalue weighted by molar-refractivity contribution is -0.121. The van der Waals surface area contributed by atoms with Crippen molar-refractivity contribution in [3.8, 4) is 0 Å². The molecule has 2 aliphatic rings. The summed E-state index contributed by atoms with van der Waals surface area (Å²) in [5, 5.41) is 9.18. The van der Waals surface area contributed by atoms with E-state index in [-0.39, 0.29) is 29.5 Å². The predicted molar refractivity (Wildman–Crippen MR) is 89.1 cm³/mol. The Balaban J connectivity index is 1.68. The first kappa shape index (κ1) is 18.0. The van der Waals surface area contributed by atoms with Crippen LogP contribution in [0.1, 0.15) is 53.9 Å². The molecular formula is C17H31N3O3. The van der Waals surface area contributed by atoms with Gasteiger partial charge in [0, 0.05) is 24.0 Å². The summed E-state index contributed by atoms with van der Waals surface area (Å²) in [7, 11) is 0. The standard InChI is InChI=1S/C17H31N3O3/c1-16(2,3)23-15(22)20-13-8-12(17(13,4)5)18-10-14(21)19-9-11-6-7-11/h11-13,18H,6-10H2,1-5H3,(H,19,21)(H,20,22). The lowest BCUT2D eigenvalue weighted by atomic mass is 9.63. The maximum absolute atomic E-state index is 11.9. The molecule has 6 nitrogen and oxygen atoms in total. The third-order valence-corrected chi connectivity index (χ3v) is 4.75. The normalized spacial score (nSPS) is 26.1. The summed E-state index contributed by atoms with van der Waals surface area (Å²) in [4.78, 5) is 23.6. The zero-order chi connectivity index (χ0) is 17.3. The molecule has 0 aromatic heterocycles. The molecular weight excluding hydrogens is 294 g/mol. The summed E-state index contributed by atoms with van der Waals surface area (Å²) in [6.45, 7) is 10.9. The number of hydrogen-bond donors (Lipinski definition) is 3. The second-order valence-corrected chi connectivity index (χ2v) is 8.44. The zero-order valence-electron chi connectivity index (χ0n) is 15.0. The molecule has 2 atom stereocenters. The van der Waals surface area contributed by atoms with Crippen LogP contribution in [0, 0.1) is 11.3 Å². The van der Waals surface area contributed by atoms with E-state index in [0.717, 1.165) is 13.0 Å². The van der Waals surface area contributed by atoms with Crippen molar-refractivity contribution in [2.75, 3.05) is 13.1 Å². The third-order valence-electron chi connectivity index (χ3n) is 4.75.